The zero-order chi connectivity index (χ0) is 29.5. The Morgan fingerprint density at radius 1 is 1.03 bits per heavy atom. The van der Waals surface area contributed by atoms with Crippen molar-refractivity contribution in [2.24, 2.45) is 0 Å². The molecule has 3 rings (SSSR count). The van der Waals surface area contributed by atoms with Crippen molar-refractivity contribution >= 4 is 60.6 Å². The normalized spacial score (nSPS) is 12.5. The van der Waals surface area contributed by atoms with Crippen molar-refractivity contribution in [2.45, 2.75) is 71.0 Å². The van der Waals surface area contributed by atoms with Gasteiger partial charge in [-0.3, -0.25) is 0 Å². The Balaban J connectivity index is 2.12. The number of halogens is 3. The third kappa shape index (κ3) is 7.12. The molecule has 0 saturated heterocycles. The van der Waals surface area contributed by atoms with Gasteiger partial charge in [-0.05, 0) is 96.8 Å². The van der Waals surface area contributed by atoms with Crippen molar-refractivity contribution in [3.63, 3.8) is 0 Å². The van der Waals surface area contributed by atoms with E-state index < -0.39 is 39.2 Å². The number of benzene rings is 2. The van der Waals surface area contributed by atoms with E-state index in [0.29, 0.717) is 30.4 Å². The van der Waals surface area contributed by atoms with Crippen LogP contribution in [0.5, 0.6) is 0 Å². The van der Waals surface area contributed by atoms with Gasteiger partial charge in [-0.15, -0.1) is 0 Å². The lowest BCUT2D eigenvalue weighted by Gasteiger charge is -2.27. The van der Waals surface area contributed by atoms with Gasteiger partial charge in [0.2, 0.25) is 0 Å². The first-order valence-corrected chi connectivity index (χ1v) is 14.7. The molecule has 3 aromatic rings. The fourth-order valence-electron chi connectivity index (χ4n) is 3.94. The summed E-state index contributed by atoms with van der Waals surface area (Å²) >= 11 is 9.21. The number of hydrogen-bond acceptors (Lipinski definition) is 6. The molecular formula is C27H31BrClFN2O6S. The largest absolute Gasteiger partial charge is 0.443 e. The Hall–Kier alpha value is -2.63. The molecule has 212 valence electrons. The van der Waals surface area contributed by atoms with Gasteiger partial charge in [-0.1, -0.05) is 27.5 Å². The smallest absolute Gasteiger partial charge is 0.424 e. The van der Waals surface area contributed by atoms with Gasteiger partial charge in [0.05, 0.1) is 10.4 Å². The quantitative estimate of drug-likeness (QED) is 0.286. The molecule has 0 unspecified atom stereocenters. The SMILES string of the molecule is Cc1c(CCN(C(=O)OC(C)(C)C)S(=O)(=O)c2ccc(Cl)cc2)c2cc(Br)cc(F)c2n1C(=O)OC(C)(C)C. The van der Waals surface area contributed by atoms with Gasteiger partial charge in [0.15, 0.2) is 0 Å². The summed E-state index contributed by atoms with van der Waals surface area (Å²) < 4.78 is 55.4. The predicted octanol–water partition coefficient (Wildman–Crippen LogP) is 7.46. The number of rotatable bonds is 5. The lowest BCUT2D eigenvalue weighted by Crippen LogP contribution is -2.42. The van der Waals surface area contributed by atoms with Crippen LogP contribution in [0.25, 0.3) is 10.9 Å². The summed E-state index contributed by atoms with van der Waals surface area (Å²) in [6.45, 7) is 11.2. The van der Waals surface area contributed by atoms with Crippen LogP contribution in [0.3, 0.4) is 0 Å². The van der Waals surface area contributed by atoms with Crippen LogP contribution in [0.1, 0.15) is 52.8 Å². The van der Waals surface area contributed by atoms with Gasteiger partial charge < -0.3 is 9.47 Å². The van der Waals surface area contributed by atoms with Crippen LogP contribution in [-0.2, 0) is 25.9 Å². The van der Waals surface area contributed by atoms with Crippen LogP contribution in [0, 0.1) is 12.7 Å². The molecule has 0 radical (unpaired) electrons. The van der Waals surface area contributed by atoms with Gasteiger partial charge >= 0.3 is 12.2 Å². The average molecular weight is 646 g/mol. The Kier molecular flexibility index (Phi) is 8.79. The van der Waals surface area contributed by atoms with E-state index >= 15 is 4.39 Å². The third-order valence-corrected chi connectivity index (χ3v) is 7.98. The number of ether oxygens (including phenoxy) is 2. The number of aromatic nitrogens is 1. The zero-order valence-electron chi connectivity index (χ0n) is 22.8. The number of sulfonamides is 1. The maximum atomic E-state index is 15.2. The number of amides is 1. The van der Waals surface area contributed by atoms with E-state index in [1.54, 1.807) is 54.5 Å². The van der Waals surface area contributed by atoms with E-state index in [2.05, 4.69) is 15.9 Å². The van der Waals surface area contributed by atoms with Crippen molar-refractivity contribution in [1.82, 2.24) is 8.87 Å². The average Bonchev–Trinajstić information content (AvgIpc) is 3.03. The number of fused-ring (bicyclic) bond motifs is 1. The minimum atomic E-state index is -4.36. The lowest BCUT2D eigenvalue weighted by molar-refractivity contribution is 0.0390. The summed E-state index contributed by atoms with van der Waals surface area (Å²) in [7, 11) is -4.36. The van der Waals surface area contributed by atoms with Crippen molar-refractivity contribution in [2.75, 3.05) is 6.54 Å². The maximum Gasteiger partial charge on any atom is 0.424 e. The monoisotopic (exact) mass is 644 g/mol. The lowest BCUT2D eigenvalue weighted by atomic mass is 10.1. The number of carbonyl (C=O) groups excluding carboxylic acids is 2. The molecule has 0 aliphatic carbocycles. The van der Waals surface area contributed by atoms with E-state index in [9.17, 15) is 18.0 Å². The molecule has 0 bridgehead atoms. The van der Waals surface area contributed by atoms with E-state index in [1.165, 1.54) is 30.3 Å². The van der Waals surface area contributed by atoms with Crippen molar-refractivity contribution in [1.29, 1.82) is 0 Å². The number of hydrogen-bond donors (Lipinski definition) is 0. The third-order valence-electron chi connectivity index (χ3n) is 5.49. The summed E-state index contributed by atoms with van der Waals surface area (Å²) in [5.74, 6) is -0.669. The van der Waals surface area contributed by atoms with Crippen LogP contribution in [0.4, 0.5) is 14.0 Å². The number of carbonyl (C=O) groups is 2. The van der Waals surface area contributed by atoms with Gasteiger partial charge in [0.1, 0.15) is 17.0 Å². The van der Waals surface area contributed by atoms with Crippen molar-refractivity contribution in [3.05, 3.63) is 63.0 Å². The highest BCUT2D eigenvalue weighted by molar-refractivity contribution is 9.10. The second-order valence-electron chi connectivity index (χ2n) is 10.9. The minimum absolute atomic E-state index is 0.00988. The van der Waals surface area contributed by atoms with E-state index in [1.807, 2.05) is 0 Å². The van der Waals surface area contributed by atoms with Crippen LogP contribution in [-0.4, -0.2) is 47.2 Å². The molecule has 2 aromatic carbocycles. The second kappa shape index (κ2) is 11.1. The topological polar surface area (TPSA) is 94.9 Å². The summed E-state index contributed by atoms with van der Waals surface area (Å²) in [6, 6.07) is 8.25. The Morgan fingerprint density at radius 3 is 2.13 bits per heavy atom. The highest BCUT2D eigenvalue weighted by Gasteiger charge is 2.34. The first kappa shape index (κ1) is 30.9. The van der Waals surface area contributed by atoms with E-state index in [0.717, 1.165) is 4.57 Å². The Bertz CT molecular complexity index is 1520. The summed E-state index contributed by atoms with van der Waals surface area (Å²) in [6.07, 6.45) is -1.89. The molecule has 1 heterocycles. The predicted molar refractivity (Wildman–Crippen MR) is 151 cm³/mol. The standard InChI is InChI=1S/C27H31BrClFN2O6S/c1-16-20(21-14-17(28)15-22(30)23(21)32(16)25(34)38-27(5,6)7)12-13-31(24(33)37-26(2,3)4)39(35,36)19-10-8-18(29)9-11-19/h8-11,14-15H,12-13H2,1-7H3. The van der Waals surface area contributed by atoms with Gasteiger partial charge in [-0.25, -0.2) is 31.3 Å². The molecule has 39 heavy (non-hydrogen) atoms. The molecule has 0 N–H and O–H groups in total. The highest BCUT2D eigenvalue weighted by atomic mass is 79.9. The molecule has 1 amide bonds. The fraction of sp³-hybridized carbons (Fsp3) is 0.407. The summed E-state index contributed by atoms with van der Waals surface area (Å²) in [5, 5.41) is 0.703. The molecule has 1 aromatic heterocycles. The highest BCUT2D eigenvalue weighted by Crippen LogP contribution is 2.33. The Morgan fingerprint density at radius 2 is 1.59 bits per heavy atom. The Labute approximate surface area is 241 Å². The second-order valence-corrected chi connectivity index (χ2v) is 14.1. The van der Waals surface area contributed by atoms with Crippen molar-refractivity contribution in [3.8, 4) is 0 Å². The molecule has 0 fully saturated rings. The molecule has 0 spiro atoms. The van der Waals surface area contributed by atoms with Crippen molar-refractivity contribution < 1.29 is 31.9 Å². The van der Waals surface area contributed by atoms with Crippen LogP contribution >= 0.6 is 27.5 Å². The van der Waals surface area contributed by atoms with E-state index in [-0.39, 0.29) is 23.4 Å². The fourth-order valence-corrected chi connectivity index (χ4v) is 5.80. The van der Waals surface area contributed by atoms with Gasteiger partial charge in [-0.2, -0.15) is 0 Å². The molecule has 0 aliphatic heterocycles. The van der Waals surface area contributed by atoms with Gasteiger partial charge in [0.25, 0.3) is 10.0 Å². The van der Waals surface area contributed by atoms with E-state index in [4.69, 9.17) is 21.1 Å². The van der Waals surface area contributed by atoms with Crippen LogP contribution in [0.2, 0.25) is 5.02 Å². The molecule has 0 aliphatic rings. The molecule has 12 heteroatoms. The maximum absolute atomic E-state index is 15.2. The first-order chi connectivity index (χ1) is 17.8. The minimum Gasteiger partial charge on any atom is -0.443 e. The molecular weight excluding hydrogens is 615 g/mol. The van der Waals surface area contributed by atoms with Gasteiger partial charge in [0, 0.05) is 27.1 Å². The molecule has 8 nitrogen and oxygen atoms in total. The van der Waals surface area contributed by atoms with Crippen LogP contribution in [0.15, 0.2) is 45.8 Å². The zero-order valence-corrected chi connectivity index (χ0v) is 25.9. The van der Waals surface area contributed by atoms with Crippen LogP contribution < -0.4 is 0 Å². The molecule has 0 saturated carbocycles. The summed E-state index contributed by atoms with van der Waals surface area (Å²) in [5.41, 5.74) is -1.00. The molecule has 0 atom stereocenters. The summed E-state index contributed by atoms with van der Waals surface area (Å²) in [4.78, 5) is 26.1. The first-order valence-electron chi connectivity index (χ1n) is 12.1. The number of nitrogens with zero attached hydrogens (tertiary/aromatic N) is 2.